The molecule has 19 heavy (non-hydrogen) atoms. The van der Waals surface area contributed by atoms with E-state index in [1.807, 2.05) is 0 Å². The van der Waals surface area contributed by atoms with E-state index in [0.717, 1.165) is 0 Å². The van der Waals surface area contributed by atoms with Gasteiger partial charge in [-0.05, 0) is 28.1 Å². The van der Waals surface area contributed by atoms with E-state index in [1.165, 1.54) is 18.9 Å². The molecule has 1 unspecified atom stereocenters. The maximum atomic E-state index is 11.9. The predicted octanol–water partition coefficient (Wildman–Crippen LogP) is 3.29. The summed E-state index contributed by atoms with van der Waals surface area (Å²) >= 11 is 9.28. The van der Waals surface area contributed by atoms with Crippen molar-refractivity contribution in [3.8, 4) is 0 Å². The Balaban J connectivity index is 2.69. The van der Waals surface area contributed by atoms with Crippen LogP contribution >= 0.6 is 27.5 Å². The summed E-state index contributed by atoms with van der Waals surface area (Å²) in [5.74, 6) is -1.58. The second kappa shape index (κ2) is 6.77. The fraction of sp³-hybridized carbons (Fsp3) is 0.333. The molecule has 0 heterocycles. The van der Waals surface area contributed by atoms with E-state index in [0.29, 0.717) is 15.2 Å². The zero-order valence-electron chi connectivity index (χ0n) is 10.5. The van der Waals surface area contributed by atoms with Crippen molar-refractivity contribution in [1.82, 2.24) is 4.90 Å². The van der Waals surface area contributed by atoms with Crippen molar-refractivity contribution in [1.29, 1.82) is 0 Å². The average molecular weight is 350 g/mol. The highest BCUT2D eigenvalue weighted by molar-refractivity contribution is 9.10. The molecule has 0 aliphatic carbocycles. The Morgan fingerprint density at radius 3 is 2.74 bits per heavy atom. The van der Waals surface area contributed by atoms with Gasteiger partial charge in [0.15, 0.2) is 0 Å². The number of carbonyl (C=O) groups is 2. The lowest BCUT2D eigenvalue weighted by atomic mass is 10.2. The van der Waals surface area contributed by atoms with E-state index in [-0.39, 0.29) is 6.54 Å². The van der Waals surface area contributed by atoms with E-state index in [9.17, 15) is 9.59 Å². The molecule has 1 atom stereocenters. The molecule has 0 bridgehead atoms. The predicted molar refractivity (Wildman–Crippen MR) is 77.6 cm³/mol. The van der Waals surface area contributed by atoms with Crippen LogP contribution in [0.5, 0.6) is 0 Å². The summed E-state index contributed by atoms with van der Waals surface area (Å²) < 4.78 is 0.675. The van der Waals surface area contributed by atoms with Gasteiger partial charge in [0.25, 0.3) is 0 Å². The summed E-state index contributed by atoms with van der Waals surface area (Å²) in [6.07, 6.45) is 0. The number of urea groups is 1. The first-order valence-electron chi connectivity index (χ1n) is 5.52. The van der Waals surface area contributed by atoms with Crippen molar-refractivity contribution in [2.45, 2.75) is 6.92 Å². The van der Waals surface area contributed by atoms with Gasteiger partial charge < -0.3 is 15.3 Å². The van der Waals surface area contributed by atoms with Gasteiger partial charge >= 0.3 is 12.0 Å². The lowest BCUT2D eigenvalue weighted by Gasteiger charge is -2.20. The van der Waals surface area contributed by atoms with Crippen molar-refractivity contribution < 1.29 is 14.7 Å². The highest BCUT2D eigenvalue weighted by atomic mass is 79.9. The Bertz CT molecular complexity index is 496. The van der Waals surface area contributed by atoms with E-state index in [4.69, 9.17) is 16.7 Å². The molecule has 0 fully saturated rings. The van der Waals surface area contributed by atoms with Crippen LogP contribution in [0.2, 0.25) is 5.02 Å². The average Bonchev–Trinajstić information content (AvgIpc) is 2.34. The number of aliphatic carboxylic acids is 1. The standard InChI is InChI=1S/C12H14BrClN2O3/c1-7(11(17)18)6-16(2)12(19)15-9-5-3-4-8(13)10(9)14/h3-5,7H,6H2,1-2H3,(H,15,19)(H,17,18). The molecule has 0 saturated carbocycles. The zero-order valence-corrected chi connectivity index (χ0v) is 12.8. The van der Waals surface area contributed by atoms with Crippen LogP contribution in [0.25, 0.3) is 0 Å². The largest absolute Gasteiger partial charge is 0.481 e. The van der Waals surface area contributed by atoms with Gasteiger partial charge in [0, 0.05) is 18.1 Å². The molecule has 2 amide bonds. The summed E-state index contributed by atoms with van der Waals surface area (Å²) in [6.45, 7) is 1.66. The van der Waals surface area contributed by atoms with Gasteiger partial charge in [-0.3, -0.25) is 4.79 Å². The number of hydrogen-bond donors (Lipinski definition) is 2. The molecular weight excluding hydrogens is 336 g/mol. The first-order chi connectivity index (χ1) is 8.82. The number of nitrogens with zero attached hydrogens (tertiary/aromatic N) is 1. The van der Waals surface area contributed by atoms with Gasteiger partial charge in [-0.2, -0.15) is 0 Å². The number of carbonyl (C=O) groups excluding carboxylic acids is 1. The lowest BCUT2D eigenvalue weighted by molar-refractivity contribution is -0.141. The molecule has 7 heteroatoms. The molecule has 0 aromatic heterocycles. The zero-order chi connectivity index (χ0) is 14.6. The molecular formula is C12H14BrClN2O3. The fourth-order valence-corrected chi connectivity index (χ4v) is 1.92. The minimum atomic E-state index is -0.944. The van der Waals surface area contributed by atoms with Crippen LogP contribution in [0, 0.1) is 5.92 Å². The van der Waals surface area contributed by atoms with E-state index in [1.54, 1.807) is 18.2 Å². The molecule has 104 valence electrons. The molecule has 0 spiro atoms. The smallest absolute Gasteiger partial charge is 0.321 e. The Labute approximate surface area is 124 Å². The van der Waals surface area contributed by atoms with Crippen LogP contribution in [0.3, 0.4) is 0 Å². The number of hydrogen-bond acceptors (Lipinski definition) is 2. The Morgan fingerprint density at radius 1 is 1.53 bits per heavy atom. The third kappa shape index (κ3) is 4.40. The van der Waals surface area contributed by atoms with Crippen molar-refractivity contribution in [3.05, 3.63) is 27.7 Å². The van der Waals surface area contributed by atoms with Crippen LogP contribution in [-0.4, -0.2) is 35.6 Å². The fourth-order valence-electron chi connectivity index (χ4n) is 1.38. The second-order valence-electron chi connectivity index (χ2n) is 4.15. The van der Waals surface area contributed by atoms with Gasteiger partial charge in [0.1, 0.15) is 0 Å². The minimum absolute atomic E-state index is 0.118. The number of anilines is 1. The van der Waals surface area contributed by atoms with E-state index < -0.39 is 17.9 Å². The van der Waals surface area contributed by atoms with Crippen LogP contribution in [-0.2, 0) is 4.79 Å². The molecule has 0 aliphatic rings. The van der Waals surface area contributed by atoms with Crippen molar-refractivity contribution in [3.63, 3.8) is 0 Å². The van der Waals surface area contributed by atoms with Crippen LogP contribution < -0.4 is 5.32 Å². The van der Waals surface area contributed by atoms with Gasteiger partial charge in [-0.1, -0.05) is 24.6 Å². The van der Waals surface area contributed by atoms with Gasteiger partial charge in [-0.15, -0.1) is 0 Å². The minimum Gasteiger partial charge on any atom is -0.481 e. The maximum Gasteiger partial charge on any atom is 0.321 e. The van der Waals surface area contributed by atoms with Crippen molar-refractivity contribution >= 4 is 45.2 Å². The topological polar surface area (TPSA) is 69.6 Å². The summed E-state index contributed by atoms with van der Waals surface area (Å²) in [4.78, 5) is 23.9. The first-order valence-corrected chi connectivity index (χ1v) is 6.69. The highest BCUT2D eigenvalue weighted by Crippen LogP contribution is 2.29. The Morgan fingerprint density at radius 2 is 2.16 bits per heavy atom. The molecule has 2 N–H and O–H groups in total. The van der Waals surface area contributed by atoms with E-state index >= 15 is 0 Å². The van der Waals surface area contributed by atoms with Crippen molar-refractivity contribution in [2.24, 2.45) is 5.92 Å². The molecule has 1 aromatic carbocycles. The number of benzene rings is 1. The maximum absolute atomic E-state index is 11.9. The number of carboxylic acids is 1. The third-order valence-corrected chi connectivity index (χ3v) is 3.81. The third-order valence-electron chi connectivity index (χ3n) is 2.51. The highest BCUT2D eigenvalue weighted by Gasteiger charge is 2.18. The Kier molecular flexibility index (Phi) is 5.62. The van der Waals surface area contributed by atoms with Crippen LogP contribution in [0.4, 0.5) is 10.5 Å². The van der Waals surface area contributed by atoms with Gasteiger partial charge in [0.05, 0.1) is 16.6 Å². The Hall–Kier alpha value is -1.27. The summed E-state index contributed by atoms with van der Waals surface area (Å²) in [5.41, 5.74) is 0.468. The van der Waals surface area contributed by atoms with Crippen molar-refractivity contribution in [2.75, 3.05) is 18.9 Å². The van der Waals surface area contributed by atoms with Gasteiger partial charge in [0.2, 0.25) is 0 Å². The van der Waals surface area contributed by atoms with Gasteiger partial charge in [-0.25, -0.2) is 4.79 Å². The number of amides is 2. The SMILES string of the molecule is CC(CN(C)C(=O)Nc1cccc(Br)c1Cl)C(=O)O. The number of nitrogens with one attached hydrogen (secondary N) is 1. The summed E-state index contributed by atoms with van der Waals surface area (Å²) in [6, 6.07) is 4.76. The monoisotopic (exact) mass is 348 g/mol. The molecule has 0 radical (unpaired) electrons. The molecule has 0 aliphatic heterocycles. The lowest BCUT2D eigenvalue weighted by Crippen LogP contribution is -2.36. The summed E-state index contributed by atoms with van der Waals surface area (Å²) in [5, 5.41) is 11.8. The number of rotatable bonds is 4. The first kappa shape index (κ1) is 15.8. The molecule has 1 rings (SSSR count). The second-order valence-corrected chi connectivity index (χ2v) is 5.38. The molecule has 0 saturated heterocycles. The molecule has 1 aromatic rings. The quantitative estimate of drug-likeness (QED) is 0.876. The van der Waals surface area contributed by atoms with Crippen LogP contribution in [0.15, 0.2) is 22.7 Å². The summed E-state index contributed by atoms with van der Waals surface area (Å²) in [7, 11) is 1.53. The van der Waals surface area contributed by atoms with Crippen LogP contribution in [0.1, 0.15) is 6.92 Å². The van der Waals surface area contributed by atoms with E-state index in [2.05, 4.69) is 21.2 Å². The molecule has 5 nitrogen and oxygen atoms in total. The normalized spacial score (nSPS) is 11.8. The number of carboxylic acid groups (broad SMARTS) is 1. The number of halogens is 2.